The number of nitrogens with one attached hydrogen (secondary N) is 2. The molecule has 2 aromatic rings. The number of anilines is 1. The van der Waals surface area contributed by atoms with Gasteiger partial charge in [0.25, 0.3) is 0 Å². The van der Waals surface area contributed by atoms with Crippen molar-refractivity contribution >= 4 is 15.7 Å². The van der Waals surface area contributed by atoms with Gasteiger partial charge in [0.1, 0.15) is 18.0 Å². The van der Waals surface area contributed by atoms with Gasteiger partial charge in [-0.1, -0.05) is 0 Å². The molecule has 0 saturated carbocycles. The van der Waals surface area contributed by atoms with E-state index in [4.69, 9.17) is 5.73 Å². The van der Waals surface area contributed by atoms with Crippen LogP contribution in [0.15, 0.2) is 29.4 Å². The van der Waals surface area contributed by atoms with Crippen molar-refractivity contribution in [3.05, 3.63) is 36.2 Å². The summed E-state index contributed by atoms with van der Waals surface area (Å²) in [6.45, 7) is -0.0612. The minimum absolute atomic E-state index is 0.0612. The van der Waals surface area contributed by atoms with Crippen LogP contribution in [0, 0.1) is 5.82 Å². The Morgan fingerprint density at radius 2 is 2.22 bits per heavy atom. The van der Waals surface area contributed by atoms with Crippen molar-refractivity contribution in [2.45, 2.75) is 11.4 Å². The summed E-state index contributed by atoms with van der Waals surface area (Å²) >= 11 is 0. The average molecular weight is 271 g/mol. The summed E-state index contributed by atoms with van der Waals surface area (Å²) in [6, 6.07) is 3.28. The first-order valence-corrected chi connectivity index (χ1v) is 6.36. The number of aromatic nitrogens is 3. The molecule has 0 aliphatic rings. The monoisotopic (exact) mass is 271 g/mol. The molecular weight excluding hydrogens is 261 g/mol. The topological polar surface area (TPSA) is 114 Å². The molecule has 1 heterocycles. The highest BCUT2D eigenvalue weighted by Gasteiger charge is 2.15. The van der Waals surface area contributed by atoms with E-state index in [2.05, 4.69) is 19.9 Å². The largest absolute Gasteiger partial charge is 0.396 e. The normalized spacial score (nSPS) is 11.6. The molecule has 0 fully saturated rings. The summed E-state index contributed by atoms with van der Waals surface area (Å²) in [5.41, 5.74) is 5.16. The van der Waals surface area contributed by atoms with E-state index < -0.39 is 15.8 Å². The molecule has 0 unspecified atom stereocenters. The predicted octanol–water partition coefficient (Wildman–Crippen LogP) is 0.00450. The van der Waals surface area contributed by atoms with Crippen LogP contribution in [-0.2, 0) is 16.6 Å². The second kappa shape index (κ2) is 4.70. The zero-order chi connectivity index (χ0) is 13.2. The van der Waals surface area contributed by atoms with Gasteiger partial charge < -0.3 is 5.73 Å². The quantitative estimate of drug-likeness (QED) is 0.677. The third-order valence-electron chi connectivity index (χ3n) is 2.18. The van der Waals surface area contributed by atoms with E-state index in [1.54, 1.807) is 0 Å². The van der Waals surface area contributed by atoms with Gasteiger partial charge in [0.05, 0.1) is 17.1 Å². The van der Waals surface area contributed by atoms with Crippen molar-refractivity contribution in [3.63, 3.8) is 0 Å². The molecule has 1 aromatic carbocycles. The van der Waals surface area contributed by atoms with Gasteiger partial charge in [0.2, 0.25) is 10.0 Å². The molecule has 7 nitrogen and oxygen atoms in total. The van der Waals surface area contributed by atoms with Crippen LogP contribution in [-0.4, -0.2) is 23.6 Å². The van der Waals surface area contributed by atoms with Crippen LogP contribution in [0.2, 0.25) is 0 Å². The van der Waals surface area contributed by atoms with E-state index in [1.807, 2.05) is 0 Å². The molecular formula is C9H10FN5O2S. The molecule has 4 N–H and O–H groups in total. The number of benzene rings is 1. The van der Waals surface area contributed by atoms with Crippen LogP contribution >= 0.6 is 0 Å². The molecule has 1 aromatic heterocycles. The lowest BCUT2D eigenvalue weighted by Gasteiger charge is -2.06. The maximum absolute atomic E-state index is 13.2. The number of sulfonamides is 1. The van der Waals surface area contributed by atoms with E-state index in [-0.39, 0.29) is 17.1 Å². The van der Waals surface area contributed by atoms with Crippen molar-refractivity contribution in [2.24, 2.45) is 0 Å². The molecule has 0 saturated heterocycles. The Labute approximate surface area is 102 Å². The molecule has 0 atom stereocenters. The predicted molar refractivity (Wildman–Crippen MR) is 61.2 cm³/mol. The first-order chi connectivity index (χ1) is 8.49. The molecule has 0 aliphatic carbocycles. The van der Waals surface area contributed by atoms with Crippen molar-refractivity contribution in [3.8, 4) is 0 Å². The second-order valence-corrected chi connectivity index (χ2v) is 5.21. The summed E-state index contributed by atoms with van der Waals surface area (Å²) in [4.78, 5) is 3.56. The molecule has 0 spiro atoms. The van der Waals surface area contributed by atoms with Crippen molar-refractivity contribution in [2.75, 3.05) is 5.73 Å². The first kappa shape index (κ1) is 12.5. The number of aromatic amines is 1. The molecule has 0 aliphatic heterocycles. The van der Waals surface area contributed by atoms with Gasteiger partial charge in [-0.2, -0.15) is 5.10 Å². The van der Waals surface area contributed by atoms with Crippen molar-refractivity contribution in [1.29, 1.82) is 0 Å². The summed E-state index contributed by atoms with van der Waals surface area (Å²) in [5.74, 6) is -0.424. The molecule has 96 valence electrons. The van der Waals surface area contributed by atoms with Crippen molar-refractivity contribution in [1.82, 2.24) is 19.9 Å². The van der Waals surface area contributed by atoms with Crippen LogP contribution in [0.1, 0.15) is 5.82 Å². The molecule has 0 radical (unpaired) electrons. The number of rotatable bonds is 4. The number of nitrogen functional groups attached to an aromatic ring is 1. The fourth-order valence-corrected chi connectivity index (χ4v) is 2.24. The number of hydrogen-bond acceptors (Lipinski definition) is 5. The van der Waals surface area contributed by atoms with E-state index in [9.17, 15) is 12.8 Å². The fourth-order valence-electron chi connectivity index (χ4n) is 1.24. The van der Waals surface area contributed by atoms with Crippen LogP contribution in [0.4, 0.5) is 10.1 Å². The smallest absolute Gasteiger partial charge is 0.241 e. The number of H-pyrrole nitrogens is 1. The summed E-state index contributed by atoms with van der Waals surface area (Å²) in [6.07, 6.45) is 1.26. The number of halogens is 1. The lowest BCUT2D eigenvalue weighted by atomic mass is 10.3. The molecule has 9 heteroatoms. The van der Waals surface area contributed by atoms with Crippen molar-refractivity contribution < 1.29 is 12.8 Å². The highest BCUT2D eigenvalue weighted by atomic mass is 32.2. The number of nitrogens with zero attached hydrogens (tertiary/aromatic N) is 2. The Balaban J connectivity index is 2.17. The zero-order valence-electron chi connectivity index (χ0n) is 9.09. The summed E-state index contributed by atoms with van der Waals surface area (Å²) in [5, 5.41) is 6.07. The van der Waals surface area contributed by atoms with Gasteiger partial charge in [-0.15, -0.1) is 0 Å². The molecule has 2 rings (SSSR count). The minimum Gasteiger partial charge on any atom is -0.396 e. The first-order valence-electron chi connectivity index (χ1n) is 4.88. The summed E-state index contributed by atoms with van der Waals surface area (Å²) < 4.78 is 39.1. The van der Waals surface area contributed by atoms with Gasteiger partial charge >= 0.3 is 0 Å². The number of nitrogens with two attached hydrogens (primary N) is 1. The SMILES string of the molecule is Nc1ccc(S(=O)(=O)NCc2ncn[nH]2)cc1F. The van der Waals surface area contributed by atoms with Gasteiger partial charge in [-0.3, -0.25) is 5.10 Å². The fraction of sp³-hybridized carbons (Fsp3) is 0.111. The Kier molecular flexibility index (Phi) is 3.26. The maximum atomic E-state index is 13.2. The highest BCUT2D eigenvalue weighted by Crippen LogP contribution is 2.16. The van der Waals surface area contributed by atoms with Gasteiger partial charge in [0.15, 0.2) is 0 Å². The van der Waals surface area contributed by atoms with Crippen LogP contribution in [0.3, 0.4) is 0 Å². The zero-order valence-corrected chi connectivity index (χ0v) is 9.91. The summed E-state index contributed by atoms with van der Waals surface area (Å²) in [7, 11) is -3.81. The highest BCUT2D eigenvalue weighted by molar-refractivity contribution is 7.89. The molecule has 18 heavy (non-hydrogen) atoms. The Morgan fingerprint density at radius 3 is 2.83 bits per heavy atom. The Hall–Kier alpha value is -2.00. The van der Waals surface area contributed by atoms with Crippen LogP contribution < -0.4 is 10.5 Å². The van der Waals surface area contributed by atoms with E-state index in [1.165, 1.54) is 18.5 Å². The van der Waals surface area contributed by atoms with E-state index in [0.29, 0.717) is 5.82 Å². The van der Waals surface area contributed by atoms with Gasteiger partial charge in [0, 0.05) is 0 Å². The Bertz CT molecular complexity index is 641. The lowest BCUT2D eigenvalue weighted by molar-refractivity contribution is 0.576. The second-order valence-electron chi connectivity index (χ2n) is 3.44. The average Bonchev–Trinajstić information content (AvgIpc) is 2.83. The third-order valence-corrected chi connectivity index (χ3v) is 3.58. The van der Waals surface area contributed by atoms with E-state index >= 15 is 0 Å². The standard InChI is InChI=1S/C9H10FN5O2S/c10-7-3-6(1-2-8(7)11)18(16,17)14-4-9-12-5-13-15-9/h1-3,5,14H,4,11H2,(H,12,13,15). The number of hydrogen-bond donors (Lipinski definition) is 3. The molecule has 0 bridgehead atoms. The minimum atomic E-state index is -3.81. The maximum Gasteiger partial charge on any atom is 0.241 e. The van der Waals surface area contributed by atoms with E-state index in [0.717, 1.165) is 6.07 Å². The Morgan fingerprint density at radius 1 is 1.44 bits per heavy atom. The lowest BCUT2D eigenvalue weighted by Crippen LogP contribution is -2.24. The van der Waals surface area contributed by atoms with Gasteiger partial charge in [-0.25, -0.2) is 22.5 Å². The third kappa shape index (κ3) is 2.63. The van der Waals surface area contributed by atoms with Crippen LogP contribution in [0.5, 0.6) is 0 Å². The van der Waals surface area contributed by atoms with Crippen LogP contribution in [0.25, 0.3) is 0 Å². The molecule has 0 amide bonds. The van der Waals surface area contributed by atoms with Gasteiger partial charge in [-0.05, 0) is 18.2 Å².